The van der Waals surface area contributed by atoms with Crippen LogP contribution in [0.5, 0.6) is 11.5 Å². The van der Waals surface area contributed by atoms with Crippen molar-refractivity contribution in [3.05, 3.63) is 23.4 Å². The largest absolute Gasteiger partial charge is 0.497 e. The molecule has 0 bridgehead atoms. The molecule has 98 valence electrons. The van der Waals surface area contributed by atoms with E-state index in [0.717, 1.165) is 22.2 Å². The number of nitrogens with one attached hydrogen (secondary N) is 1. The van der Waals surface area contributed by atoms with E-state index in [1.54, 1.807) is 20.3 Å². The number of aryl methyl sites for hydroxylation is 1. The third-order valence-corrected chi connectivity index (χ3v) is 3.09. The molecule has 1 atom stereocenters. The Hall–Kier alpha value is -1.72. The van der Waals surface area contributed by atoms with Crippen LogP contribution >= 0.6 is 0 Å². The lowest BCUT2D eigenvalue weighted by Crippen LogP contribution is -2.12. The van der Waals surface area contributed by atoms with Gasteiger partial charge in [-0.3, -0.25) is 0 Å². The zero-order valence-corrected chi connectivity index (χ0v) is 10.8. The van der Waals surface area contributed by atoms with E-state index in [2.05, 4.69) is 4.98 Å². The van der Waals surface area contributed by atoms with Gasteiger partial charge in [-0.05, 0) is 13.0 Å². The molecule has 2 rings (SSSR count). The van der Waals surface area contributed by atoms with Crippen LogP contribution in [0.2, 0.25) is 0 Å². The van der Waals surface area contributed by atoms with E-state index in [0.29, 0.717) is 11.5 Å². The first-order chi connectivity index (χ1) is 8.62. The van der Waals surface area contributed by atoms with Crippen molar-refractivity contribution < 1.29 is 14.6 Å². The van der Waals surface area contributed by atoms with E-state index in [-0.39, 0.29) is 6.54 Å². The lowest BCUT2D eigenvalue weighted by molar-refractivity contribution is 0.187. The summed E-state index contributed by atoms with van der Waals surface area (Å²) in [6.07, 6.45) is -0.699. The second-order valence-corrected chi connectivity index (χ2v) is 4.17. The van der Waals surface area contributed by atoms with Crippen LogP contribution in [0.4, 0.5) is 0 Å². The average Bonchev–Trinajstić information content (AvgIpc) is 2.72. The number of fused-ring (bicyclic) bond motifs is 1. The minimum Gasteiger partial charge on any atom is -0.497 e. The number of aromatic nitrogens is 1. The van der Waals surface area contributed by atoms with E-state index < -0.39 is 6.10 Å². The van der Waals surface area contributed by atoms with E-state index in [1.165, 1.54) is 0 Å². The predicted octanol–water partition coefficient (Wildman–Crippen LogP) is 1.49. The zero-order chi connectivity index (χ0) is 13.3. The molecular formula is C13H18N2O3. The van der Waals surface area contributed by atoms with E-state index in [4.69, 9.17) is 15.2 Å². The van der Waals surface area contributed by atoms with Crippen molar-refractivity contribution in [1.29, 1.82) is 0 Å². The monoisotopic (exact) mass is 250 g/mol. The van der Waals surface area contributed by atoms with Crippen molar-refractivity contribution in [2.75, 3.05) is 20.8 Å². The van der Waals surface area contributed by atoms with E-state index in [1.807, 2.05) is 13.0 Å². The molecule has 1 aromatic heterocycles. The normalized spacial score (nSPS) is 12.7. The molecule has 0 saturated heterocycles. The van der Waals surface area contributed by atoms with Gasteiger partial charge in [0, 0.05) is 29.3 Å². The first kappa shape index (κ1) is 12.7. The maximum atomic E-state index is 10.00. The predicted molar refractivity (Wildman–Crippen MR) is 70.2 cm³/mol. The van der Waals surface area contributed by atoms with Crippen LogP contribution in [0.15, 0.2) is 12.1 Å². The number of ether oxygens (including phenoxy) is 2. The Bertz CT molecular complexity index is 563. The lowest BCUT2D eigenvalue weighted by atomic mass is 10.0. The highest BCUT2D eigenvalue weighted by molar-refractivity contribution is 5.91. The van der Waals surface area contributed by atoms with Gasteiger partial charge in [-0.1, -0.05) is 0 Å². The maximum absolute atomic E-state index is 10.00. The van der Waals surface area contributed by atoms with Crippen molar-refractivity contribution in [3.63, 3.8) is 0 Å². The molecule has 1 unspecified atom stereocenters. The summed E-state index contributed by atoms with van der Waals surface area (Å²) in [7, 11) is 3.20. The summed E-state index contributed by atoms with van der Waals surface area (Å²) in [5.41, 5.74) is 8.06. The summed E-state index contributed by atoms with van der Waals surface area (Å²) in [5.74, 6) is 1.37. The molecule has 0 aliphatic carbocycles. The molecule has 4 N–H and O–H groups in total. The number of aliphatic hydroxyl groups excluding tert-OH is 1. The quantitative estimate of drug-likeness (QED) is 0.768. The molecule has 0 radical (unpaired) electrons. The molecule has 1 heterocycles. The van der Waals surface area contributed by atoms with Gasteiger partial charge < -0.3 is 25.3 Å². The maximum Gasteiger partial charge on any atom is 0.146 e. The van der Waals surface area contributed by atoms with Gasteiger partial charge in [0.25, 0.3) is 0 Å². The molecule has 0 aliphatic heterocycles. The fourth-order valence-electron chi connectivity index (χ4n) is 2.21. The second-order valence-electron chi connectivity index (χ2n) is 4.17. The summed E-state index contributed by atoms with van der Waals surface area (Å²) in [4.78, 5) is 3.22. The molecule has 0 aliphatic rings. The Morgan fingerprint density at radius 1 is 1.33 bits per heavy atom. The van der Waals surface area contributed by atoms with Gasteiger partial charge in [0.15, 0.2) is 0 Å². The Balaban J connectivity index is 2.75. The van der Waals surface area contributed by atoms with Crippen LogP contribution in [0, 0.1) is 6.92 Å². The summed E-state index contributed by atoms with van der Waals surface area (Å²) >= 11 is 0. The number of methoxy groups -OCH3 is 2. The van der Waals surface area contributed by atoms with Gasteiger partial charge >= 0.3 is 0 Å². The Morgan fingerprint density at radius 3 is 2.61 bits per heavy atom. The van der Waals surface area contributed by atoms with Crippen LogP contribution in [0.1, 0.15) is 17.4 Å². The summed E-state index contributed by atoms with van der Waals surface area (Å²) in [6.45, 7) is 2.08. The number of rotatable bonds is 4. The van der Waals surface area contributed by atoms with Crippen LogP contribution in [-0.4, -0.2) is 30.9 Å². The number of hydrogen-bond acceptors (Lipinski definition) is 4. The Kier molecular flexibility index (Phi) is 3.45. The fourth-order valence-corrected chi connectivity index (χ4v) is 2.21. The molecular weight excluding hydrogens is 232 g/mol. The minimum atomic E-state index is -0.699. The van der Waals surface area contributed by atoms with E-state index in [9.17, 15) is 5.11 Å². The molecule has 18 heavy (non-hydrogen) atoms. The van der Waals surface area contributed by atoms with Gasteiger partial charge in [0.05, 0.1) is 25.8 Å². The molecule has 5 nitrogen and oxygen atoms in total. The molecule has 0 fully saturated rings. The van der Waals surface area contributed by atoms with E-state index >= 15 is 0 Å². The lowest BCUT2D eigenvalue weighted by Gasteiger charge is -2.10. The minimum absolute atomic E-state index is 0.174. The standard InChI is InChI=1S/C13H18N2O3/c1-7-12(10(16)6-14)9-4-8(17-2)5-11(18-3)13(9)15-7/h4-5,10,15-16H,6,14H2,1-3H3. The highest BCUT2D eigenvalue weighted by atomic mass is 16.5. The molecule has 5 heteroatoms. The molecule has 0 spiro atoms. The van der Waals surface area contributed by atoms with Crippen molar-refractivity contribution in [2.45, 2.75) is 13.0 Å². The number of nitrogens with two attached hydrogens (primary N) is 1. The van der Waals surface area contributed by atoms with Crippen LogP contribution in [0.3, 0.4) is 0 Å². The van der Waals surface area contributed by atoms with Crippen molar-refractivity contribution in [1.82, 2.24) is 4.98 Å². The third kappa shape index (κ3) is 1.91. The number of benzene rings is 1. The highest BCUT2D eigenvalue weighted by Crippen LogP contribution is 2.36. The van der Waals surface area contributed by atoms with Crippen LogP contribution in [0.25, 0.3) is 10.9 Å². The van der Waals surface area contributed by atoms with Crippen molar-refractivity contribution in [2.24, 2.45) is 5.73 Å². The summed E-state index contributed by atoms with van der Waals surface area (Å²) in [5, 5.41) is 10.9. The summed E-state index contributed by atoms with van der Waals surface area (Å²) < 4.78 is 10.6. The molecule has 1 aromatic carbocycles. The van der Waals surface area contributed by atoms with Crippen molar-refractivity contribution >= 4 is 10.9 Å². The van der Waals surface area contributed by atoms with Gasteiger partial charge in [-0.2, -0.15) is 0 Å². The summed E-state index contributed by atoms with van der Waals surface area (Å²) in [6, 6.07) is 3.67. The van der Waals surface area contributed by atoms with Crippen molar-refractivity contribution in [3.8, 4) is 11.5 Å². The Labute approximate surface area is 106 Å². The number of H-pyrrole nitrogens is 1. The average molecular weight is 250 g/mol. The van der Waals surface area contributed by atoms with Crippen LogP contribution in [-0.2, 0) is 0 Å². The fraction of sp³-hybridized carbons (Fsp3) is 0.385. The second kappa shape index (κ2) is 4.88. The molecule has 0 saturated carbocycles. The first-order valence-corrected chi connectivity index (χ1v) is 5.74. The van der Waals surface area contributed by atoms with Crippen LogP contribution < -0.4 is 15.2 Å². The SMILES string of the molecule is COc1cc(OC)c2[nH]c(C)c(C(O)CN)c2c1. The topological polar surface area (TPSA) is 80.5 Å². The smallest absolute Gasteiger partial charge is 0.146 e. The zero-order valence-electron chi connectivity index (χ0n) is 10.8. The highest BCUT2D eigenvalue weighted by Gasteiger charge is 2.18. The first-order valence-electron chi connectivity index (χ1n) is 5.74. The number of aromatic amines is 1. The van der Waals surface area contributed by atoms with Gasteiger partial charge in [-0.15, -0.1) is 0 Å². The van der Waals surface area contributed by atoms with Gasteiger partial charge in [0.2, 0.25) is 0 Å². The van der Waals surface area contributed by atoms with Gasteiger partial charge in [0.1, 0.15) is 11.5 Å². The number of hydrogen-bond donors (Lipinski definition) is 3. The Morgan fingerprint density at radius 2 is 2.06 bits per heavy atom. The molecule has 2 aromatic rings. The van der Waals surface area contributed by atoms with Gasteiger partial charge in [-0.25, -0.2) is 0 Å². The third-order valence-electron chi connectivity index (χ3n) is 3.09. The number of aliphatic hydroxyl groups is 1. The molecule has 0 amide bonds.